The van der Waals surface area contributed by atoms with Crippen molar-refractivity contribution in [3.05, 3.63) is 69.1 Å². The summed E-state index contributed by atoms with van der Waals surface area (Å²) in [5.74, 6) is -2.43. The maximum absolute atomic E-state index is 14.3. The molecule has 0 spiro atoms. The molecule has 0 radical (unpaired) electrons. The minimum absolute atomic E-state index is 0.182. The number of aryl methyl sites for hydroxylation is 2. The first-order valence-electron chi connectivity index (χ1n) is 8.43. The van der Waals surface area contributed by atoms with Crippen LogP contribution in [0.5, 0.6) is 0 Å². The van der Waals surface area contributed by atoms with Gasteiger partial charge in [-0.25, -0.2) is 14.4 Å². The highest BCUT2D eigenvalue weighted by Crippen LogP contribution is 2.29. The summed E-state index contributed by atoms with van der Waals surface area (Å²) >= 11 is 1.17. The van der Waals surface area contributed by atoms with Crippen LogP contribution < -0.4 is 10.6 Å². The highest BCUT2D eigenvalue weighted by molar-refractivity contribution is 7.13. The number of pyridine rings is 1. The maximum atomic E-state index is 14.3. The molecule has 0 bridgehead atoms. The highest BCUT2D eigenvalue weighted by Gasteiger charge is 2.30. The van der Waals surface area contributed by atoms with Crippen LogP contribution in [0.2, 0.25) is 0 Å². The molecule has 2 amide bonds. The Morgan fingerprint density at radius 3 is 2.30 bits per heavy atom. The van der Waals surface area contributed by atoms with Crippen LogP contribution in [0.4, 0.5) is 29.1 Å². The van der Waals surface area contributed by atoms with Gasteiger partial charge in [-0.3, -0.25) is 9.59 Å². The molecule has 0 saturated carbocycles. The lowest BCUT2D eigenvalue weighted by molar-refractivity contribution is -0.137. The molecule has 3 aromatic rings. The molecule has 0 saturated heterocycles. The second-order valence-corrected chi connectivity index (χ2v) is 7.46. The number of thiazole rings is 1. The molecule has 1 aromatic carbocycles. The summed E-state index contributed by atoms with van der Waals surface area (Å²) in [7, 11) is 0. The lowest BCUT2D eigenvalue weighted by atomic mass is 10.1. The Bertz CT molecular complexity index is 1110. The number of nitrogens with zero attached hydrogens (tertiary/aromatic N) is 2. The van der Waals surface area contributed by atoms with Crippen molar-refractivity contribution in [3.8, 4) is 0 Å². The number of hydrogen-bond donors (Lipinski definition) is 2. The Hall–Kier alpha value is -3.34. The van der Waals surface area contributed by atoms with Crippen molar-refractivity contribution >= 4 is 34.7 Å². The third-order valence-electron chi connectivity index (χ3n) is 3.98. The lowest BCUT2D eigenvalue weighted by Gasteiger charge is -2.12. The number of carbonyl (C=O) groups is 2. The average molecular weight is 438 g/mol. The number of carbonyl (C=O) groups excluding carboxylic acids is 2. The van der Waals surface area contributed by atoms with Crippen molar-refractivity contribution < 1.29 is 27.2 Å². The van der Waals surface area contributed by atoms with E-state index >= 15 is 0 Å². The van der Waals surface area contributed by atoms with Gasteiger partial charge in [0.25, 0.3) is 11.8 Å². The zero-order chi connectivity index (χ0) is 22.1. The fourth-order valence-corrected chi connectivity index (χ4v) is 3.12. The van der Waals surface area contributed by atoms with Crippen molar-refractivity contribution in [1.82, 2.24) is 9.97 Å². The molecule has 0 aliphatic rings. The quantitative estimate of drug-likeness (QED) is 0.573. The smallest absolute Gasteiger partial charge is 0.321 e. The van der Waals surface area contributed by atoms with E-state index in [9.17, 15) is 27.2 Å². The summed E-state index contributed by atoms with van der Waals surface area (Å²) < 4.78 is 52.1. The van der Waals surface area contributed by atoms with Crippen molar-refractivity contribution in [2.24, 2.45) is 0 Å². The largest absolute Gasteiger partial charge is 0.417 e. The lowest BCUT2D eigenvalue weighted by Crippen LogP contribution is -2.17. The van der Waals surface area contributed by atoms with Crippen LogP contribution in [0.25, 0.3) is 0 Å². The van der Waals surface area contributed by atoms with Gasteiger partial charge >= 0.3 is 6.18 Å². The van der Waals surface area contributed by atoms with E-state index in [1.807, 2.05) is 0 Å². The molecule has 0 aliphatic carbocycles. The van der Waals surface area contributed by atoms with E-state index in [-0.39, 0.29) is 11.5 Å². The summed E-state index contributed by atoms with van der Waals surface area (Å²) in [4.78, 5) is 32.6. The third kappa shape index (κ3) is 4.79. The van der Waals surface area contributed by atoms with E-state index in [1.54, 1.807) is 13.8 Å². The number of aromatic nitrogens is 2. The van der Waals surface area contributed by atoms with Crippen LogP contribution in [0.3, 0.4) is 0 Å². The first-order valence-corrected chi connectivity index (χ1v) is 9.25. The van der Waals surface area contributed by atoms with Gasteiger partial charge in [0.1, 0.15) is 16.5 Å². The SMILES string of the molecule is Cc1ncc(C(=O)Nc2cc(C(=O)Nc3ccc(C(F)(F)F)cn3)c(F)cc2C)s1. The molecular weight excluding hydrogens is 424 g/mol. The zero-order valence-corrected chi connectivity index (χ0v) is 16.4. The number of nitrogens with one attached hydrogen (secondary N) is 2. The van der Waals surface area contributed by atoms with Gasteiger partial charge in [-0.2, -0.15) is 13.2 Å². The van der Waals surface area contributed by atoms with Gasteiger partial charge in [0.15, 0.2) is 0 Å². The Morgan fingerprint density at radius 1 is 1.00 bits per heavy atom. The molecule has 30 heavy (non-hydrogen) atoms. The van der Waals surface area contributed by atoms with Gasteiger partial charge in [0.2, 0.25) is 0 Å². The van der Waals surface area contributed by atoms with Crippen LogP contribution >= 0.6 is 11.3 Å². The summed E-state index contributed by atoms with van der Waals surface area (Å²) in [5.41, 5.74) is -0.798. The Kier molecular flexibility index (Phi) is 5.83. The van der Waals surface area contributed by atoms with Crippen LogP contribution in [0, 0.1) is 19.7 Å². The van der Waals surface area contributed by atoms with Crippen molar-refractivity contribution in [1.29, 1.82) is 0 Å². The molecule has 0 aliphatic heterocycles. The number of amides is 2. The minimum Gasteiger partial charge on any atom is -0.321 e. The fraction of sp³-hybridized carbons (Fsp3) is 0.158. The monoisotopic (exact) mass is 438 g/mol. The van der Waals surface area contributed by atoms with Gasteiger partial charge in [-0.1, -0.05) is 0 Å². The normalized spacial score (nSPS) is 11.3. The fourth-order valence-electron chi connectivity index (χ4n) is 2.45. The second-order valence-electron chi connectivity index (χ2n) is 6.23. The molecule has 0 atom stereocenters. The standard InChI is InChI=1S/C19H14F4N4O2S/c1-9-5-13(20)12(6-14(9)26-18(29)15-8-24-10(2)30-15)17(28)27-16-4-3-11(7-25-16)19(21,22)23/h3-8H,1-2H3,(H,26,29)(H,25,27,28). The van der Waals surface area contributed by atoms with Gasteiger partial charge in [-0.05, 0) is 43.7 Å². The average Bonchev–Trinajstić information content (AvgIpc) is 3.10. The van der Waals surface area contributed by atoms with E-state index in [4.69, 9.17) is 0 Å². The van der Waals surface area contributed by atoms with Crippen LogP contribution in [-0.4, -0.2) is 21.8 Å². The summed E-state index contributed by atoms with van der Waals surface area (Å²) in [5, 5.41) is 5.52. The van der Waals surface area contributed by atoms with Gasteiger partial charge < -0.3 is 10.6 Å². The molecule has 2 heterocycles. The van der Waals surface area contributed by atoms with E-state index in [2.05, 4.69) is 20.6 Å². The van der Waals surface area contributed by atoms with E-state index in [0.717, 1.165) is 24.3 Å². The topological polar surface area (TPSA) is 84.0 Å². The molecule has 11 heteroatoms. The summed E-state index contributed by atoms with van der Waals surface area (Å²) in [6.07, 6.45) is -2.61. The van der Waals surface area contributed by atoms with Crippen LogP contribution in [-0.2, 0) is 6.18 Å². The number of alkyl halides is 3. The Morgan fingerprint density at radius 2 is 1.73 bits per heavy atom. The number of benzene rings is 1. The Balaban J connectivity index is 1.80. The molecule has 2 aromatic heterocycles. The van der Waals surface area contributed by atoms with Gasteiger partial charge in [0, 0.05) is 11.9 Å². The molecule has 0 unspecified atom stereocenters. The molecule has 3 rings (SSSR count). The highest BCUT2D eigenvalue weighted by atomic mass is 32.1. The number of halogens is 4. The van der Waals surface area contributed by atoms with E-state index in [0.29, 0.717) is 21.6 Å². The van der Waals surface area contributed by atoms with Crippen molar-refractivity contribution in [2.45, 2.75) is 20.0 Å². The molecular formula is C19H14F4N4O2S. The van der Waals surface area contributed by atoms with Crippen molar-refractivity contribution in [3.63, 3.8) is 0 Å². The number of rotatable bonds is 4. The van der Waals surface area contributed by atoms with Crippen molar-refractivity contribution in [2.75, 3.05) is 10.6 Å². The molecule has 6 nitrogen and oxygen atoms in total. The van der Waals surface area contributed by atoms with E-state index in [1.165, 1.54) is 17.5 Å². The van der Waals surface area contributed by atoms with Crippen LogP contribution in [0.15, 0.2) is 36.7 Å². The van der Waals surface area contributed by atoms with Gasteiger partial charge in [0.05, 0.1) is 22.3 Å². The number of hydrogen-bond acceptors (Lipinski definition) is 5. The Labute approximate surface area is 172 Å². The molecule has 2 N–H and O–H groups in total. The molecule has 156 valence electrons. The van der Waals surface area contributed by atoms with E-state index < -0.39 is 34.9 Å². The summed E-state index contributed by atoms with van der Waals surface area (Å²) in [6.45, 7) is 3.29. The van der Waals surface area contributed by atoms with Crippen LogP contribution in [0.1, 0.15) is 36.2 Å². The first-order chi connectivity index (χ1) is 14.0. The maximum Gasteiger partial charge on any atom is 0.417 e. The minimum atomic E-state index is -4.57. The number of anilines is 2. The molecule has 0 fully saturated rings. The first kappa shape index (κ1) is 21.4. The second kappa shape index (κ2) is 8.19. The third-order valence-corrected chi connectivity index (χ3v) is 4.90. The summed E-state index contributed by atoms with van der Waals surface area (Å²) in [6, 6.07) is 3.93. The predicted octanol–water partition coefficient (Wildman–Crippen LogP) is 4.82. The predicted molar refractivity (Wildman–Crippen MR) is 103 cm³/mol. The zero-order valence-electron chi connectivity index (χ0n) is 15.6. The van der Waals surface area contributed by atoms with Gasteiger partial charge in [-0.15, -0.1) is 11.3 Å².